The molecule has 1 aliphatic heterocycles. The Balaban J connectivity index is 1.57. The van der Waals surface area contributed by atoms with E-state index in [-0.39, 0.29) is 11.8 Å². The monoisotopic (exact) mass is 478 g/mol. The standard InChI is InChI=1S/C27H34N4O4/c1-5-21(26-20-15-23(34-3)24(35-4)16-22(20)29-27(26)33)28-18-9-11-19(12-10-18)30(2)25(32)17-31-13-7-6-8-14-31/h9-12,15-16,29,33H,5-8,13-14,17H2,1-4H3. The molecule has 3 aromatic rings. The van der Waals surface area contributed by atoms with Crippen LogP contribution in [0.2, 0.25) is 0 Å². The van der Waals surface area contributed by atoms with Gasteiger partial charge in [-0.25, -0.2) is 0 Å². The Bertz CT molecular complexity index is 1210. The molecule has 1 amide bonds. The van der Waals surface area contributed by atoms with Crippen LogP contribution in [0.4, 0.5) is 11.4 Å². The Kier molecular flexibility index (Phi) is 7.60. The Hall–Kier alpha value is -3.52. The van der Waals surface area contributed by atoms with E-state index in [1.165, 1.54) is 6.42 Å². The average Bonchev–Trinajstić information content (AvgIpc) is 3.21. The molecule has 0 spiro atoms. The number of fused-ring (bicyclic) bond motifs is 1. The van der Waals surface area contributed by atoms with Gasteiger partial charge in [-0.1, -0.05) is 13.3 Å². The number of aromatic nitrogens is 1. The van der Waals surface area contributed by atoms with Crippen LogP contribution in [0.25, 0.3) is 10.9 Å². The number of aromatic amines is 1. The van der Waals surface area contributed by atoms with Crippen LogP contribution in [0.15, 0.2) is 41.4 Å². The maximum Gasteiger partial charge on any atom is 0.240 e. The van der Waals surface area contributed by atoms with Gasteiger partial charge in [-0.2, -0.15) is 0 Å². The number of rotatable bonds is 8. The van der Waals surface area contributed by atoms with Crippen molar-refractivity contribution in [1.82, 2.24) is 9.88 Å². The van der Waals surface area contributed by atoms with E-state index in [9.17, 15) is 9.90 Å². The first-order valence-electron chi connectivity index (χ1n) is 12.1. The second-order valence-electron chi connectivity index (χ2n) is 8.82. The number of aromatic hydroxyl groups is 1. The van der Waals surface area contributed by atoms with E-state index in [2.05, 4.69) is 9.88 Å². The second-order valence-corrected chi connectivity index (χ2v) is 8.82. The molecule has 0 atom stereocenters. The van der Waals surface area contributed by atoms with Gasteiger partial charge < -0.3 is 24.5 Å². The Morgan fingerprint density at radius 3 is 2.37 bits per heavy atom. The molecule has 1 aliphatic rings. The molecular formula is C27H34N4O4. The molecule has 1 fully saturated rings. The first-order valence-corrected chi connectivity index (χ1v) is 12.1. The van der Waals surface area contributed by atoms with E-state index in [4.69, 9.17) is 14.5 Å². The summed E-state index contributed by atoms with van der Waals surface area (Å²) in [7, 11) is 4.98. The SMILES string of the molecule is CCC(=Nc1ccc(N(C)C(=O)CN2CCCCC2)cc1)c1c(O)[nH]c2cc(OC)c(OC)cc12. The van der Waals surface area contributed by atoms with Crippen molar-refractivity contribution in [3.05, 3.63) is 42.0 Å². The van der Waals surface area contributed by atoms with Gasteiger partial charge in [0.1, 0.15) is 0 Å². The minimum absolute atomic E-state index is 0.0515. The summed E-state index contributed by atoms with van der Waals surface area (Å²) in [6.07, 6.45) is 4.19. The van der Waals surface area contributed by atoms with Crippen LogP contribution in [0.3, 0.4) is 0 Å². The number of hydrogen-bond acceptors (Lipinski definition) is 6. The number of hydrogen-bond donors (Lipinski definition) is 2. The van der Waals surface area contributed by atoms with Gasteiger partial charge in [0.05, 0.1) is 43.2 Å². The number of amides is 1. The van der Waals surface area contributed by atoms with Crippen molar-refractivity contribution < 1.29 is 19.4 Å². The molecule has 0 aliphatic carbocycles. The molecule has 1 saturated heterocycles. The number of methoxy groups -OCH3 is 2. The smallest absolute Gasteiger partial charge is 0.240 e. The van der Waals surface area contributed by atoms with Gasteiger partial charge in [0.2, 0.25) is 5.91 Å². The van der Waals surface area contributed by atoms with Gasteiger partial charge >= 0.3 is 0 Å². The highest BCUT2D eigenvalue weighted by molar-refractivity contribution is 6.14. The summed E-state index contributed by atoms with van der Waals surface area (Å²) in [4.78, 5) is 24.5. The third-order valence-electron chi connectivity index (χ3n) is 6.59. The summed E-state index contributed by atoms with van der Waals surface area (Å²) in [6, 6.07) is 11.2. The van der Waals surface area contributed by atoms with E-state index in [0.29, 0.717) is 30.0 Å². The number of likely N-dealkylation sites (N-methyl/N-ethyl adjacent to an activating group) is 1. The summed E-state index contributed by atoms with van der Waals surface area (Å²) in [5.74, 6) is 1.30. The maximum atomic E-state index is 12.7. The molecule has 2 heterocycles. The summed E-state index contributed by atoms with van der Waals surface area (Å²) >= 11 is 0. The average molecular weight is 479 g/mol. The lowest BCUT2D eigenvalue weighted by Gasteiger charge is -2.28. The highest BCUT2D eigenvalue weighted by Gasteiger charge is 2.20. The molecule has 8 heteroatoms. The van der Waals surface area contributed by atoms with Gasteiger partial charge in [0.15, 0.2) is 17.4 Å². The lowest BCUT2D eigenvalue weighted by molar-refractivity contribution is -0.119. The quantitative estimate of drug-likeness (QED) is 0.451. The molecule has 8 nitrogen and oxygen atoms in total. The van der Waals surface area contributed by atoms with Gasteiger partial charge in [-0.05, 0) is 62.7 Å². The molecule has 2 N–H and O–H groups in total. The molecule has 0 saturated carbocycles. The third kappa shape index (κ3) is 5.27. The van der Waals surface area contributed by atoms with Gasteiger partial charge in [-0.15, -0.1) is 0 Å². The summed E-state index contributed by atoms with van der Waals surface area (Å²) in [5.41, 5.74) is 3.69. The first kappa shape index (κ1) is 24.6. The van der Waals surface area contributed by atoms with Crippen molar-refractivity contribution in [2.24, 2.45) is 4.99 Å². The Morgan fingerprint density at radius 2 is 1.74 bits per heavy atom. The second kappa shape index (κ2) is 10.8. The zero-order chi connectivity index (χ0) is 24.9. The lowest BCUT2D eigenvalue weighted by Crippen LogP contribution is -2.40. The van der Waals surface area contributed by atoms with Gasteiger partial charge in [0, 0.05) is 24.2 Å². The molecule has 4 rings (SSSR count). The first-order chi connectivity index (χ1) is 16.9. The lowest BCUT2D eigenvalue weighted by atomic mass is 10.1. The number of H-pyrrole nitrogens is 1. The predicted octanol–water partition coefficient (Wildman–Crippen LogP) is 4.87. The highest BCUT2D eigenvalue weighted by Crippen LogP contribution is 2.37. The number of carbonyl (C=O) groups excluding carboxylic acids is 1. The fraction of sp³-hybridized carbons (Fsp3) is 0.407. The van der Waals surface area contributed by atoms with Crippen molar-refractivity contribution in [1.29, 1.82) is 0 Å². The van der Waals surface area contributed by atoms with Crippen LogP contribution in [0, 0.1) is 0 Å². The summed E-state index contributed by atoms with van der Waals surface area (Å²) < 4.78 is 10.8. The number of benzene rings is 2. The van der Waals surface area contributed by atoms with Crippen molar-refractivity contribution in [2.75, 3.05) is 45.8 Å². The number of nitrogens with zero attached hydrogens (tertiary/aromatic N) is 3. The normalized spacial score (nSPS) is 14.8. The molecule has 1 aromatic heterocycles. The molecule has 35 heavy (non-hydrogen) atoms. The van der Waals surface area contributed by atoms with Crippen molar-refractivity contribution in [2.45, 2.75) is 32.6 Å². The molecule has 0 unspecified atom stereocenters. The summed E-state index contributed by atoms with van der Waals surface area (Å²) in [5, 5.41) is 11.5. The number of piperidine rings is 1. The van der Waals surface area contributed by atoms with Crippen molar-refractivity contribution in [3.8, 4) is 17.4 Å². The van der Waals surface area contributed by atoms with Crippen LogP contribution >= 0.6 is 0 Å². The van der Waals surface area contributed by atoms with Crippen LogP contribution in [-0.2, 0) is 4.79 Å². The van der Waals surface area contributed by atoms with Crippen LogP contribution in [0.1, 0.15) is 38.2 Å². The highest BCUT2D eigenvalue weighted by atomic mass is 16.5. The van der Waals surface area contributed by atoms with Crippen LogP contribution < -0.4 is 14.4 Å². The molecule has 0 radical (unpaired) electrons. The zero-order valence-corrected chi connectivity index (χ0v) is 20.9. The molecular weight excluding hydrogens is 444 g/mol. The Labute approximate surface area is 206 Å². The fourth-order valence-corrected chi connectivity index (χ4v) is 4.58. The predicted molar refractivity (Wildman–Crippen MR) is 140 cm³/mol. The number of ether oxygens (including phenoxy) is 2. The van der Waals surface area contributed by atoms with E-state index in [0.717, 1.165) is 53.9 Å². The number of carbonyl (C=O) groups is 1. The van der Waals surface area contributed by atoms with Gasteiger partial charge in [-0.3, -0.25) is 14.7 Å². The van der Waals surface area contributed by atoms with Crippen molar-refractivity contribution in [3.63, 3.8) is 0 Å². The minimum Gasteiger partial charge on any atom is -0.494 e. The van der Waals surface area contributed by atoms with Crippen LogP contribution in [0.5, 0.6) is 17.4 Å². The van der Waals surface area contributed by atoms with E-state index >= 15 is 0 Å². The van der Waals surface area contributed by atoms with E-state index in [1.807, 2.05) is 44.3 Å². The fourth-order valence-electron chi connectivity index (χ4n) is 4.58. The topological polar surface area (TPSA) is 90.4 Å². The van der Waals surface area contributed by atoms with Crippen LogP contribution in [-0.4, -0.2) is 67.5 Å². The zero-order valence-electron chi connectivity index (χ0n) is 20.9. The number of anilines is 1. The Morgan fingerprint density at radius 1 is 1.09 bits per heavy atom. The summed E-state index contributed by atoms with van der Waals surface area (Å²) in [6.45, 7) is 4.43. The molecule has 0 bridgehead atoms. The molecule has 186 valence electrons. The van der Waals surface area contributed by atoms with E-state index in [1.54, 1.807) is 25.2 Å². The number of likely N-dealkylation sites (tertiary alicyclic amines) is 1. The largest absolute Gasteiger partial charge is 0.494 e. The van der Waals surface area contributed by atoms with Gasteiger partial charge in [0.25, 0.3) is 0 Å². The maximum absolute atomic E-state index is 12.7. The number of aliphatic imine (C=N–C) groups is 1. The van der Waals surface area contributed by atoms with Crippen molar-refractivity contribution >= 4 is 33.9 Å². The number of nitrogens with one attached hydrogen (secondary N) is 1. The minimum atomic E-state index is 0.0515. The third-order valence-corrected chi connectivity index (χ3v) is 6.59. The van der Waals surface area contributed by atoms with E-state index < -0.39 is 0 Å². The molecule has 2 aromatic carbocycles.